The number of likely N-dealkylation sites (tertiary alicyclic amines) is 1. The van der Waals surface area contributed by atoms with Gasteiger partial charge in [0.25, 0.3) is 11.5 Å². The van der Waals surface area contributed by atoms with Crippen LogP contribution in [0.2, 0.25) is 0 Å². The molecule has 0 radical (unpaired) electrons. The maximum absolute atomic E-state index is 13.5. The topological polar surface area (TPSA) is 54.8 Å². The molecule has 0 N–H and O–H groups in total. The number of carbonyl (C=O) groups excluding carboxylic acids is 1. The SMILES string of the molecule is CCCCOc1c(C(=O)N(C)C2CCN(C)C2)sc2c1c(=O)n(C)c1ccccc21. The highest BCUT2D eigenvalue weighted by Crippen LogP contribution is 2.40. The maximum atomic E-state index is 13.5. The summed E-state index contributed by atoms with van der Waals surface area (Å²) in [7, 11) is 5.72. The molecule has 160 valence electrons. The lowest BCUT2D eigenvalue weighted by Crippen LogP contribution is -2.38. The Hall–Kier alpha value is -2.38. The minimum Gasteiger partial charge on any atom is -0.491 e. The zero-order chi connectivity index (χ0) is 21.4. The molecule has 1 aliphatic heterocycles. The molecule has 1 atom stereocenters. The molecule has 0 spiro atoms. The first-order valence-corrected chi connectivity index (χ1v) is 11.4. The van der Waals surface area contributed by atoms with Crippen LogP contribution in [0, 0.1) is 0 Å². The molecule has 2 aromatic heterocycles. The predicted molar refractivity (Wildman–Crippen MR) is 123 cm³/mol. The van der Waals surface area contributed by atoms with Crippen molar-refractivity contribution in [3.8, 4) is 5.75 Å². The van der Waals surface area contributed by atoms with Crippen LogP contribution in [0.4, 0.5) is 0 Å². The molecule has 3 aromatic rings. The minimum atomic E-state index is -0.117. The number of ether oxygens (including phenoxy) is 1. The molecule has 6 nitrogen and oxygen atoms in total. The number of aromatic nitrogens is 1. The molecule has 0 bridgehead atoms. The lowest BCUT2D eigenvalue weighted by atomic mass is 10.1. The van der Waals surface area contributed by atoms with Crippen molar-refractivity contribution >= 4 is 38.2 Å². The van der Waals surface area contributed by atoms with Gasteiger partial charge < -0.3 is 19.1 Å². The van der Waals surface area contributed by atoms with Gasteiger partial charge in [-0.3, -0.25) is 9.59 Å². The molecule has 0 aliphatic carbocycles. The Balaban J connectivity index is 1.88. The summed E-state index contributed by atoms with van der Waals surface area (Å²) in [5.41, 5.74) is 0.745. The van der Waals surface area contributed by atoms with Crippen LogP contribution in [0.25, 0.3) is 21.0 Å². The molecule has 1 fully saturated rings. The van der Waals surface area contributed by atoms with Crippen molar-refractivity contribution in [3.63, 3.8) is 0 Å². The van der Waals surface area contributed by atoms with E-state index in [1.165, 1.54) is 11.3 Å². The van der Waals surface area contributed by atoms with Crippen LogP contribution in [0.3, 0.4) is 0 Å². The fraction of sp³-hybridized carbons (Fsp3) is 0.478. The van der Waals surface area contributed by atoms with Crippen molar-refractivity contribution in [2.75, 3.05) is 33.8 Å². The highest BCUT2D eigenvalue weighted by molar-refractivity contribution is 7.22. The van der Waals surface area contributed by atoms with Crippen LogP contribution < -0.4 is 10.3 Å². The molecular weight excluding hydrogens is 398 g/mol. The summed E-state index contributed by atoms with van der Waals surface area (Å²) >= 11 is 1.39. The lowest BCUT2D eigenvalue weighted by Gasteiger charge is -2.24. The number of likely N-dealkylation sites (N-methyl/N-ethyl adjacent to an activating group) is 2. The molecule has 3 heterocycles. The molecule has 1 saturated heterocycles. The van der Waals surface area contributed by atoms with Gasteiger partial charge in [-0.1, -0.05) is 31.5 Å². The van der Waals surface area contributed by atoms with E-state index in [-0.39, 0.29) is 17.5 Å². The second kappa shape index (κ2) is 8.40. The molecule has 4 rings (SSSR count). The van der Waals surface area contributed by atoms with E-state index in [2.05, 4.69) is 18.9 Å². The Morgan fingerprint density at radius 2 is 2.07 bits per heavy atom. The van der Waals surface area contributed by atoms with Crippen molar-refractivity contribution in [3.05, 3.63) is 39.5 Å². The summed E-state index contributed by atoms with van der Waals surface area (Å²) in [4.78, 5) is 31.4. The number of aryl methyl sites for hydroxylation is 1. The van der Waals surface area contributed by atoms with Gasteiger partial charge in [-0.15, -0.1) is 11.3 Å². The van der Waals surface area contributed by atoms with E-state index in [4.69, 9.17) is 4.74 Å². The first kappa shape index (κ1) is 20.9. The summed E-state index contributed by atoms with van der Waals surface area (Å²) < 4.78 is 8.60. The van der Waals surface area contributed by atoms with Gasteiger partial charge >= 0.3 is 0 Å². The number of fused-ring (bicyclic) bond motifs is 3. The normalized spacial score (nSPS) is 17.1. The molecule has 1 amide bonds. The van der Waals surface area contributed by atoms with E-state index < -0.39 is 0 Å². The van der Waals surface area contributed by atoms with Gasteiger partial charge in [-0.2, -0.15) is 0 Å². The first-order valence-electron chi connectivity index (χ1n) is 10.6. The van der Waals surface area contributed by atoms with Crippen molar-refractivity contribution in [2.45, 2.75) is 32.2 Å². The number of benzene rings is 1. The molecule has 1 aromatic carbocycles. The van der Waals surface area contributed by atoms with Gasteiger partial charge in [-0.25, -0.2) is 0 Å². The van der Waals surface area contributed by atoms with Crippen molar-refractivity contribution in [1.29, 1.82) is 0 Å². The average Bonchev–Trinajstić information content (AvgIpc) is 3.35. The summed E-state index contributed by atoms with van der Waals surface area (Å²) in [5.74, 6) is 0.395. The van der Waals surface area contributed by atoms with Crippen LogP contribution >= 0.6 is 11.3 Å². The smallest absolute Gasteiger partial charge is 0.267 e. The van der Waals surface area contributed by atoms with E-state index in [1.54, 1.807) is 11.6 Å². The number of rotatable bonds is 6. The highest BCUT2D eigenvalue weighted by atomic mass is 32.1. The molecule has 1 unspecified atom stereocenters. The number of thiophene rings is 1. The predicted octanol–water partition coefficient (Wildman–Crippen LogP) is 3.71. The monoisotopic (exact) mass is 427 g/mol. The number of unbranched alkanes of at least 4 members (excludes halogenated alkanes) is 1. The first-order chi connectivity index (χ1) is 14.4. The molecule has 7 heteroatoms. The second-order valence-corrected chi connectivity index (χ2v) is 9.19. The van der Waals surface area contributed by atoms with Crippen LogP contribution in [-0.4, -0.2) is 60.1 Å². The van der Waals surface area contributed by atoms with Gasteiger partial charge in [0, 0.05) is 32.1 Å². The third-order valence-corrected chi connectivity index (χ3v) is 7.26. The van der Waals surface area contributed by atoms with Crippen molar-refractivity contribution in [1.82, 2.24) is 14.4 Å². The van der Waals surface area contributed by atoms with Crippen LogP contribution in [-0.2, 0) is 7.05 Å². The number of amides is 1. The summed E-state index contributed by atoms with van der Waals surface area (Å²) in [6, 6.07) is 8.01. The highest BCUT2D eigenvalue weighted by Gasteiger charge is 2.31. The molecular formula is C23H29N3O3S. The van der Waals surface area contributed by atoms with Gasteiger partial charge in [0.15, 0.2) is 5.75 Å². The Morgan fingerprint density at radius 1 is 1.30 bits per heavy atom. The number of pyridine rings is 1. The van der Waals surface area contributed by atoms with E-state index in [9.17, 15) is 9.59 Å². The van der Waals surface area contributed by atoms with E-state index in [1.807, 2.05) is 36.2 Å². The Morgan fingerprint density at radius 3 is 2.77 bits per heavy atom. The zero-order valence-corrected chi connectivity index (χ0v) is 18.9. The summed E-state index contributed by atoms with van der Waals surface area (Å²) in [5, 5.41) is 1.50. The zero-order valence-electron chi connectivity index (χ0n) is 18.1. The van der Waals surface area contributed by atoms with Crippen LogP contribution in [0.1, 0.15) is 35.9 Å². The quantitative estimate of drug-likeness (QED) is 0.563. The Bertz CT molecular complexity index is 1150. The van der Waals surface area contributed by atoms with Gasteiger partial charge in [0.2, 0.25) is 0 Å². The minimum absolute atomic E-state index is 0.0610. The third-order valence-electron chi connectivity index (χ3n) is 6.07. The van der Waals surface area contributed by atoms with Gasteiger partial charge in [0.05, 0.1) is 16.8 Å². The van der Waals surface area contributed by atoms with Crippen LogP contribution in [0.15, 0.2) is 29.1 Å². The number of carbonyl (C=O) groups is 1. The average molecular weight is 428 g/mol. The fourth-order valence-electron chi connectivity index (χ4n) is 4.19. The molecule has 0 saturated carbocycles. The number of hydrogen-bond acceptors (Lipinski definition) is 5. The Kier molecular flexibility index (Phi) is 5.84. The third kappa shape index (κ3) is 3.50. The van der Waals surface area contributed by atoms with E-state index in [0.29, 0.717) is 22.6 Å². The summed E-state index contributed by atoms with van der Waals surface area (Å²) in [6.45, 7) is 4.44. The molecule has 1 aliphatic rings. The standard InChI is InChI=1S/C23H29N3O3S/c1-5-6-13-29-19-18-20(16-9-7-8-10-17(16)26(4)22(18)27)30-21(19)23(28)25(3)15-11-12-24(2)14-15/h7-10,15H,5-6,11-14H2,1-4H3. The van der Waals surface area contributed by atoms with Gasteiger partial charge in [-0.05, 0) is 32.5 Å². The largest absolute Gasteiger partial charge is 0.491 e. The molecule has 30 heavy (non-hydrogen) atoms. The van der Waals surface area contributed by atoms with Crippen molar-refractivity contribution in [2.24, 2.45) is 7.05 Å². The van der Waals surface area contributed by atoms with E-state index >= 15 is 0 Å². The van der Waals surface area contributed by atoms with Crippen molar-refractivity contribution < 1.29 is 9.53 Å². The lowest BCUT2D eigenvalue weighted by molar-refractivity contribution is 0.0738. The second-order valence-electron chi connectivity index (χ2n) is 8.17. The van der Waals surface area contributed by atoms with Crippen LogP contribution in [0.5, 0.6) is 5.75 Å². The van der Waals surface area contributed by atoms with Gasteiger partial charge in [0.1, 0.15) is 10.3 Å². The number of para-hydroxylation sites is 1. The number of nitrogens with zero attached hydrogens (tertiary/aromatic N) is 3. The summed E-state index contributed by atoms with van der Waals surface area (Å²) in [6.07, 6.45) is 2.82. The Labute approximate surface area is 180 Å². The number of hydrogen-bond donors (Lipinski definition) is 0. The fourth-order valence-corrected chi connectivity index (χ4v) is 5.44. The van der Waals surface area contributed by atoms with E-state index in [0.717, 1.165) is 48.0 Å². The maximum Gasteiger partial charge on any atom is 0.267 e.